The second-order valence-electron chi connectivity index (χ2n) is 4.91. The molecule has 0 atom stereocenters. The van der Waals surface area contributed by atoms with Gasteiger partial charge in [-0.15, -0.1) is 0 Å². The van der Waals surface area contributed by atoms with Gasteiger partial charge in [-0.25, -0.2) is 0 Å². The molecule has 1 fully saturated rings. The van der Waals surface area contributed by atoms with Crippen molar-refractivity contribution in [1.29, 1.82) is 0 Å². The van der Waals surface area contributed by atoms with E-state index in [1.807, 2.05) is 12.3 Å². The molecule has 0 aromatic carbocycles. The van der Waals surface area contributed by atoms with Crippen molar-refractivity contribution in [1.82, 2.24) is 14.8 Å². The zero-order chi connectivity index (χ0) is 12.8. The molecular formula is C14H23N3O. The summed E-state index contributed by atoms with van der Waals surface area (Å²) in [6, 6.07) is 6.02. The van der Waals surface area contributed by atoms with Crippen LogP contribution in [0.3, 0.4) is 0 Å². The highest BCUT2D eigenvalue weighted by Crippen LogP contribution is 2.09. The Labute approximate surface area is 109 Å². The van der Waals surface area contributed by atoms with Crippen LogP contribution in [0.5, 0.6) is 0 Å². The molecule has 1 aromatic heterocycles. The SMILES string of the molecule is CCNC1CCN(CCn2ccccc2=O)CC1. The van der Waals surface area contributed by atoms with Gasteiger partial charge < -0.3 is 14.8 Å². The molecule has 100 valence electrons. The predicted octanol–water partition coefficient (Wildman–Crippen LogP) is 0.922. The molecule has 0 amide bonds. The van der Waals surface area contributed by atoms with Crippen molar-refractivity contribution >= 4 is 0 Å². The van der Waals surface area contributed by atoms with Crippen LogP contribution in [0.2, 0.25) is 0 Å². The summed E-state index contributed by atoms with van der Waals surface area (Å²) in [4.78, 5) is 14.0. The number of pyridine rings is 1. The normalized spacial score (nSPS) is 18.1. The number of nitrogens with zero attached hydrogens (tertiary/aromatic N) is 2. The average molecular weight is 249 g/mol. The minimum atomic E-state index is 0.0973. The minimum Gasteiger partial charge on any atom is -0.314 e. The number of likely N-dealkylation sites (tertiary alicyclic amines) is 1. The second kappa shape index (κ2) is 6.71. The van der Waals surface area contributed by atoms with Crippen molar-refractivity contribution in [2.75, 3.05) is 26.2 Å². The fourth-order valence-electron chi connectivity index (χ4n) is 2.54. The van der Waals surface area contributed by atoms with Crippen LogP contribution in [0.1, 0.15) is 19.8 Å². The first-order valence-corrected chi connectivity index (χ1v) is 6.91. The molecule has 1 aliphatic rings. The lowest BCUT2D eigenvalue weighted by atomic mass is 10.1. The zero-order valence-corrected chi connectivity index (χ0v) is 11.1. The number of aromatic nitrogens is 1. The highest BCUT2D eigenvalue weighted by Gasteiger charge is 2.17. The summed E-state index contributed by atoms with van der Waals surface area (Å²) in [7, 11) is 0. The van der Waals surface area contributed by atoms with Crippen molar-refractivity contribution < 1.29 is 0 Å². The Balaban J connectivity index is 1.76. The molecule has 0 saturated carbocycles. The molecule has 0 radical (unpaired) electrons. The van der Waals surface area contributed by atoms with Gasteiger partial charge in [0.05, 0.1) is 0 Å². The van der Waals surface area contributed by atoms with Crippen LogP contribution in [0.15, 0.2) is 29.2 Å². The predicted molar refractivity (Wildman–Crippen MR) is 73.8 cm³/mol. The summed E-state index contributed by atoms with van der Waals surface area (Å²) in [6.45, 7) is 7.27. The fraction of sp³-hybridized carbons (Fsp3) is 0.643. The monoisotopic (exact) mass is 249 g/mol. The van der Waals surface area contributed by atoms with Gasteiger partial charge in [0, 0.05) is 31.4 Å². The van der Waals surface area contributed by atoms with E-state index in [1.54, 1.807) is 16.7 Å². The molecule has 4 nitrogen and oxygen atoms in total. The molecule has 0 aliphatic carbocycles. The molecule has 0 spiro atoms. The van der Waals surface area contributed by atoms with Crippen LogP contribution >= 0.6 is 0 Å². The highest BCUT2D eigenvalue weighted by molar-refractivity contribution is 4.93. The van der Waals surface area contributed by atoms with Gasteiger partial charge in [-0.2, -0.15) is 0 Å². The van der Waals surface area contributed by atoms with Gasteiger partial charge in [-0.1, -0.05) is 13.0 Å². The molecule has 1 aliphatic heterocycles. The Bertz CT molecular complexity index is 408. The molecule has 0 unspecified atom stereocenters. The van der Waals surface area contributed by atoms with Crippen molar-refractivity contribution in [2.45, 2.75) is 32.4 Å². The van der Waals surface area contributed by atoms with E-state index in [0.717, 1.165) is 32.7 Å². The van der Waals surface area contributed by atoms with Crippen LogP contribution in [-0.4, -0.2) is 41.7 Å². The Morgan fingerprint density at radius 3 is 2.72 bits per heavy atom. The first-order chi connectivity index (χ1) is 8.79. The van der Waals surface area contributed by atoms with Crippen LogP contribution in [0.25, 0.3) is 0 Å². The fourth-order valence-corrected chi connectivity index (χ4v) is 2.54. The summed E-state index contributed by atoms with van der Waals surface area (Å²) in [5.74, 6) is 0. The van der Waals surface area contributed by atoms with E-state index in [0.29, 0.717) is 6.04 Å². The third-order valence-corrected chi connectivity index (χ3v) is 3.64. The quantitative estimate of drug-likeness (QED) is 0.843. The van der Waals surface area contributed by atoms with E-state index in [-0.39, 0.29) is 5.56 Å². The highest BCUT2D eigenvalue weighted by atomic mass is 16.1. The Kier molecular flexibility index (Phi) is 4.96. The summed E-state index contributed by atoms with van der Waals surface area (Å²) >= 11 is 0. The van der Waals surface area contributed by atoms with Gasteiger partial charge in [0.1, 0.15) is 0 Å². The van der Waals surface area contributed by atoms with E-state index in [2.05, 4.69) is 17.1 Å². The number of hydrogen-bond donors (Lipinski definition) is 1. The number of rotatable bonds is 5. The topological polar surface area (TPSA) is 37.3 Å². The molecule has 1 aromatic rings. The van der Waals surface area contributed by atoms with E-state index in [1.165, 1.54) is 12.8 Å². The van der Waals surface area contributed by atoms with Crippen LogP contribution in [0, 0.1) is 0 Å². The first-order valence-electron chi connectivity index (χ1n) is 6.91. The van der Waals surface area contributed by atoms with Gasteiger partial charge in [0.25, 0.3) is 5.56 Å². The third-order valence-electron chi connectivity index (χ3n) is 3.64. The van der Waals surface area contributed by atoms with E-state index in [9.17, 15) is 4.79 Å². The lowest BCUT2D eigenvalue weighted by Crippen LogP contribution is -2.43. The largest absolute Gasteiger partial charge is 0.314 e. The van der Waals surface area contributed by atoms with Crippen LogP contribution < -0.4 is 10.9 Å². The van der Waals surface area contributed by atoms with Crippen molar-refractivity contribution in [3.05, 3.63) is 34.7 Å². The second-order valence-corrected chi connectivity index (χ2v) is 4.91. The van der Waals surface area contributed by atoms with Crippen molar-refractivity contribution in [3.63, 3.8) is 0 Å². The summed E-state index contributed by atoms with van der Waals surface area (Å²) < 4.78 is 1.79. The van der Waals surface area contributed by atoms with Crippen LogP contribution in [0.4, 0.5) is 0 Å². The van der Waals surface area contributed by atoms with Gasteiger partial charge >= 0.3 is 0 Å². The molecule has 1 saturated heterocycles. The standard InChI is InChI=1S/C14H23N3O/c1-2-15-13-6-9-16(10-7-13)11-12-17-8-4-3-5-14(17)18/h3-5,8,13,15H,2,6-7,9-12H2,1H3. The summed E-state index contributed by atoms with van der Waals surface area (Å²) in [5, 5.41) is 3.51. The maximum Gasteiger partial charge on any atom is 0.250 e. The zero-order valence-electron chi connectivity index (χ0n) is 11.1. The molecule has 0 bridgehead atoms. The van der Waals surface area contributed by atoms with Gasteiger partial charge in [0.2, 0.25) is 0 Å². The van der Waals surface area contributed by atoms with Gasteiger partial charge in [-0.05, 0) is 38.5 Å². The molecule has 1 N–H and O–H groups in total. The number of piperidine rings is 1. The third kappa shape index (κ3) is 3.68. The molecule has 2 heterocycles. The summed E-state index contributed by atoms with van der Waals surface area (Å²) in [6.07, 6.45) is 4.31. The number of hydrogen-bond acceptors (Lipinski definition) is 3. The lowest BCUT2D eigenvalue weighted by Gasteiger charge is -2.32. The van der Waals surface area contributed by atoms with Gasteiger partial charge in [-0.3, -0.25) is 4.79 Å². The molecule has 4 heteroatoms. The van der Waals surface area contributed by atoms with Gasteiger partial charge in [0.15, 0.2) is 0 Å². The number of nitrogens with one attached hydrogen (secondary N) is 1. The Hall–Kier alpha value is -1.13. The molecule has 2 rings (SSSR count). The van der Waals surface area contributed by atoms with Crippen molar-refractivity contribution in [3.8, 4) is 0 Å². The summed E-state index contributed by atoms with van der Waals surface area (Å²) in [5.41, 5.74) is 0.0973. The van der Waals surface area contributed by atoms with E-state index in [4.69, 9.17) is 0 Å². The first kappa shape index (κ1) is 13.3. The molecule has 18 heavy (non-hydrogen) atoms. The maximum absolute atomic E-state index is 11.6. The lowest BCUT2D eigenvalue weighted by molar-refractivity contribution is 0.192. The molecular weight excluding hydrogens is 226 g/mol. The maximum atomic E-state index is 11.6. The van der Waals surface area contributed by atoms with Crippen LogP contribution in [-0.2, 0) is 6.54 Å². The van der Waals surface area contributed by atoms with E-state index >= 15 is 0 Å². The smallest absolute Gasteiger partial charge is 0.250 e. The Morgan fingerprint density at radius 2 is 2.06 bits per heavy atom. The van der Waals surface area contributed by atoms with E-state index < -0.39 is 0 Å². The average Bonchev–Trinajstić information content (AvgIpc) is 2.40. The minimum absolute atomic E-state index is 0.0973. The Morgan fingerprint density at radius 1 is 1.28 bits per heavy atom. The van der Waals surface area contributed by atoms with Crippen molar-refractivity contribution in [2.24, 2.45) is 0 Å².